The van der Waals surface area contributed by atoms with Crippen molar-refractivity contribution in [3.05, 3.63) is 124 Å². The molecule has 1 heterocycles. The quantitative estimate of drug-likeness (QED) is 0.212. The number of carbonyl (C=O) groups excluding carboxylic acids is 2. The van der Waals surface area contributed by atoms with E-state index in [0.29, 0.717) is 26.3 Å². The summed E-state index contributed by atoms with van der Waals surface area (Å²) in [6.07, 6.45) is 1.68. The Kier molecular flexibility index (Phi) is 10.2. The molecule has 0 unspecified atom stereocenters. The van der Waals surface area contributed by atoms with Crippen molar-refractivity contribution in [1.82, 2.24) is 4.72 Å². The first kappa shape index (κ1) is 30.8. The van der Waals surface area contributed by atoms with Gasteiger partial charge in [0.1, 0.15) is 0 Å². The van der Waals surface area contributed by atoms with E-state index in [1.54, 1.807) is 30.3 Å². The van der Waals surface area contributed by atoms with E-state index in [0.717, 1.165) is 16.7 Å². The third-order valence-electron chi connectivity index (χ3n) is 5.88. The number of sulfonamides is 1. The zero-order chi connectivity index (χ0) is 28.1. The molecular weight excluding hydrogens is 589 g/mol. The maximum absolute atomic E-state index is 12.5. The van der Waals surface area contributed by atoms with Crippen molar-refractivity contribution in [2.45, 2.75) is 11.3 Å². The molecule has 0 saturated carbocycles. The van der Waals surface area contributed by atoms with E-state index in [1.807, 2.05) is 54.6 Å². The average Bonchev–Trinajstić information content (AvgIpc) is 3.28. The van der Waals surface area contributed by atoms with Crippen LogP contribution < -0.4 is 10.0 Å². The molecule has 0 bridgehead atoms. The summed E-state index contributed by atoms with van der Waals surface area (Å²) in [4.78, 5) is 29.4. The fourth-order valence-electron chi connectivity index (χ4n) is 3.89. The molecule has 4 aromatic carbocycles. The van der Waals surface area contributed by atoms with Crippen LogP contribution in [0.5, 0.6) is 0 Å². The Bertz CT molecular complexity index is 1730. The Hall–Kier alpha value is -3.18. The molecule has 7 nitrogen and oxygen atoms in total. The topological polar surface area (TPSA) is 105 Å². The van der Waals surface area contributed by atoms with Crippen LogP contribution in [0.3, 0.4) is 0 Å². The molecule has 2 amide bonds. The molecule has 11 heteroatoms. The number of rotatable bonds is 7. The van der Waals surface area contributed by atoms with Crippen LogP contribution in [-0.2, 0) is 26.0 Å². The number of nitrogens with one attached hydrogen (secondary N) is 2. The van der Waals surface area contributed by atoms with E-state index < -0.39 is 15.9 Å². The summed E-state index contributed by atoms with van der Waals surface area (Å²) in [7, 11) is -3.99. The first-order valence-corrected chi connectivity index (χ1v) is 14.8. The molecule has 0 aliphatic carbocycles. The van der Waals surface area contributed by atoms with E-state index >= 15 is 0 Å². The fourth-order valence-corrected chi connectivity index (χ4v) is 5.83. The first-order chi connectivity index (χ1) is 19.2. The van der Waals surface area contributed by atoms with E-state index in [2.05, 4.69) is 15.0 Å². The van der Waals surface area contributed by atoms with E-state index in [1.165, 1.54) is 36.0 Å². The van der Waals surface area contributed by atoms with Gasteiger partial charge in [-0.05, 0) is 76.5 Å². The summed E-state index contributed by atoms with van der Waals surface area (Å²) in [5.41, 5.74) is 4.40. The molecule has 0 spiro atoms. The number of halogens is 1. The van der Waals surface area contributed by atoms with Crippen molar-refractivity contribution in [1.29, 1.82) is 0 Å². The predicted octanol–water partition coefficient (Wildman–Crippen LogP) is 5.49. The van der Waals surface area contributed by atoms with Crippen molar-refractivity contribution in [3.63, 3.8) is 0 Å². The van der Waals surface area contributed by atoms with Gasteiger partial charge in [-0.2, -0.15) is 4.99 Å². The Morgan fingerprint density at radius 2 is 1.49 bits per heavy atom. The number of benzene rings is 4. The molecule has 41 heavy (non-hydrogen) atoms. The van der Waals surface area contributed by atoms with Crippen molar-refractivity contribution in [2.24, 2.45) is 4.99 Å². The van der Waals surface area contributed by atoms with Gasteiger partial charge in [0.25, 0.3) is 15.9 Å². The Morgan fingerprint density at radius 1 is 0.854 bits per heavy atom. The molecule has 0 fully saturated rings. The van der Waals surface area contributed by atoms with Gasteiger partial charge in [0.05, 0.1) is 16.2 Å². The van der Waals surface area contributed by atoms with Crippen LogP contribution in [0.4, 0.5) is 5.69 Å². The van der Waals surface area contributed by atoms with Crippen molar-refractivity contribution < 1.29 is 18.0 Å². The van der Waals surface area contributed by atoms with E-state index in [4.69, 9.17) is 11.6 Å². The average molecular weight is 612 g/mol. The van der Waals surface area contributed by atoms with E-state index in [9.17, 15) is 18.0 Å². The third kappa shape index (κ3) is 8.19. The molecule has 0 saturated heterocycles. The standard InChI is InChI=1S/C30H22ClN3O4S2.Na.H/c31-24-12-16-26(17-13-24)40(37,38)34-28(35)19-21-8-14-25(15-9-21)32-30-33-29(36)27(39-30)18-20-6-10-23(11-7-20)22-4-2-1-3-5-22;;/h1-18H,19H2,(H,34,35)(H,32,33,36);;. The summed E-state index contributed by atoms with van der Waals surface area (Å²) in [6, 6.07) is 30.4. The number of carbonyl (C=O) groups is 2. The van der Waals surface area contributed by atoms with E-state index in [-0.39, 0.29) is 46.8 Å². The molecule has 1 aliphatic rings. The van der Waals surface area contributed by atoms with Gasteiger partial charge < -0.3 is 5.32 Å². The number of nitrogens with zero attached hydrogens (tertiary/aromatic N) is 1. The summed E-state index contributed by atoms with van der Waals surface area (Å²) < 4.78 is 26.9. The van der Waals surface area contributed by atoms with Crippen molar-refractivity contribution >= 4 is 91.7 Å². The van der Waals surface area contributed by atoms with Crippen LogP contribution in [0.15, 0.2) is 118 Å². The molecule has 0 aromatic heterocycles. The van der Waals surface area contributed by atoms with Crippen molar-refractivity contribution in [2.75, 3.05) is 5.32 Å². The second-order valence-corrected chi connectivity index (χ2v) is 12.0. The van der Waals surface area contributed by atoms with Crippen LogP contribution in [0.2, 0.25) is 5.02 Å². The van der Waals surface area contributed by atoms with Gasteiger partial charge in [-0.25, -0.2) is 13.1 Å². The summed E-state index contributed by atoms with van der Waals surface area (Å²) in [6.45, 7) is 0. The molecule has 202 valence electrons. The fraction of sp³-hybridized carbons (Fsp3) is 0.0333. The molecule has 0 atom stereocenters. The minimum atomic E-state index is -3.99. The Balaban J connectivity index is 0.00000387. The van der Waals surface area contributed by atoms with Gasteiger partial charge in [-0.15, -0.1) is 0 Å². The number of thioether (sulfide) groups is 1. The third-order valence-corrected chi connectivity index (χ3v) is 8.42. The second kappa shape index (κ2) is 13.7. The number of hydrogen-bond donors (Lipinski definition) is 2. The number of aliphatic imine (C=N–C) groups is 1. The number of anilines is 1. The molecule has 2 N–H and O–H groups in total. The zero-order valence-corrected chi connectivity index (χ0v) is 23.3. The van der Waals surface area contributed by atoms with Gasteiger partial charge in [0.15, 0.2) is 5.17 Å². The molecule has 0 radical (unpaired) electrons. The van der Waals surface area contributed by atoms with Crippen LogP contribution in [0.1, 0.15) is 11.1 Å². The van der Waals surface area contributed by atoms with Crippen LogP contribution >= 0.6 is 23.4 Å². The van der Waals surface area contributed by atoms with Crippen LogP contribution in [-0.4, -0.2) is 55.0 Å². The Morgan fingerprint density at radius 3 is 2.15 bits per heavy atom. The Labute approximate surface area is 269 Å². The monoisotopic (exact) mass is 611 g/mol. The number of amides is 2. The molecular formula is C30H23ClN3NaO4S2. The maximum atomic E-state index is 12.5. The summed E-state index contributed by atoms with van der Waals surface area (Å²) in [5.74, 6) is -0.988. The second-order valence-electron chi connectivity index (χ2n) is 8.80. The van der Waals surface area contributed by atoms with Crippen molar-refractivity contribution in [3.8, 4) is 11.1 Å². The van der Waals surface area contributed by atoms with Gasteiger partial charge >= 0.3 is 29.6 Å². The van der Waals surface area contributed by atoms with Crippen LogP contribution in [0.25, 0.3) is 17.2 Å². The van der Waals surface area contributed by atoms with Gasteiger partial charge in [-0.1, -0.05) is 78.3 Å². The van der Waals surface area contributed by atoms with Gasteiger partial charge in [-0.3, -0.25) is 9.59 Å². The molecule has 4 aromatic rings. The SMILES string of the molecule is O=C(Cc1ccc(NC2=NC(=O)C(=Cc3ccc(-c4ccccc4)cc3)S2)cc1)NS(=O)(=O)c1ccc(Cl)cc1.[NaH]. The van der Waals surface area contributed by atoms with Gasteiger partial charge in [0, 0.05) is 10.7 Å². The summed E-state index contributed by atoms with van der Waals surface area (Å²) >= 11 is 7.04. The number of amidine groups is 1. The van der Waals surface area contributed by atoms with Crippen LogP contribution in [0, 0.1) is 0 Å². The summed E-state index contributed by atoms with van der Waals surface area (Å²) in [5, 5.41) is 3.94. The normalized spacial score (nSPS) is 13.8. The first-order valence-electron chi connectivity index (χ1n) is 12.1. The molecule has 1 aliphatic heterocycles. The molecule has 5 rings (SSSR count). The number of hydrogen-bond acceptors (Lipinski definition) is 6. The zero-order valence-electron chi connectivity index (χ0n) is 20.9. The minimum absolute atomic E-state index is 0. The van der Waals surface area contributed by atoms with Gasteiger partial charge in [0.2, 0.25) is 5.91 Å². The predicted molar refractivity (Wildman–Crippen MR) is 168 cm³/mol.